The van der Waals surface area contributed by atoms with Crippen molar-refractivity contribution < 1.29 is 17.9 Å². The third kappa shape index (κ3) is 2.54. The van der Waals surface area contributed by atoms with Gasteiger partial charge in [-0.3, -0.25) is 4.79 Å². The summed E-state index contributed by atoms with van der Waals surface area (Å²) in [5.74, 6) is 0.0538. The van der Waals surface area contributed by atoms with Crippen molar-refractivity contribution in [3.05, 3.63) is 29.3 Å². The van der Waals surface area contributed by atoms with E-state index in [1.165, 1.54) is 24.3 Å². The van der Waals surface area contributed by atoms with E-state index >= 15 is 0 Å². The number of hydrogen-bond donors (Lipinski definition) is 1. The Kier molecular flexibility index (Phi) is 3.45. The SMILES string of the molecule is O=C1CC2OC(CNS(=O)(=O)c3ccc(Cl)cc3)CN12. The minimum atomic E-state index is -3.58. The smallest absolute Gasteiger partial charge is 0.240 e. The van der Waals surface area contributed by atoms with Gasteiger partial charge < -0.3 is 9.64 Å². The summed E-state index contributed by atoms with van der Waals surface area (Å²) in [6.07, 6.45) is -0.0819. The summed E-state index contributed by atoms with van der Waals surface area (Å²) in [5.41, 5.74) is 0. The number of rotatable bonds is 4. The summed E-state index contributed by atoms with van der Waals surface area (Å²) < 4.78 is 32.1. The van der Waals surface area contributed by atoms with Crippen molar-refractivity contribution in [1.29, 1.82) is 0 Å². The van der Waals surface area contributed by atoms with Crippen LogP contribution < -0.4 is 4.72 Å². The van der Waals surface area contributed by atoms with E-state index in [0.29, 0.717) is 18.0 Å². The minimum absolute atomic E-state index is 0.0538. The number of carbonyl (C=O) groups is 1. The standard InChI is InChI=1S/C12H13ClN2O4S/c13-8-1-3-10(4-2-8)20(17,18)14-6-9-7-15-11(16)5-12(15)19-9/h1-4,9,12,14H,5-7H2. The monoisotopic (exact) mass is 316 g/mol. The molecule has 2 atom stereocenters. The van der Waals surface area contributed by atoms with Gasteiger partial charge in [-0.05, 0) is 24.3 Å². The Balaban J connectivity index is 1.60. The van der Waals surface area contributed by atoms with Crippen LogP contribution in [0.15, 0.2) is 29.2 Å². The molecule has 2 heterocycles. The molecule has 1 N–H and O–H groups in total. The zero-order chi connectivity index (χ0) is 14.3. The van der Waals surface area contributed by atoms with Crippen molar-refractivity contribution in [2.75, 3.05) is 13.1 Å². The minimum Gasteiger partial charge on any atom is -0.351 e. The van der Waals surface area contributed by atoms with Crippen LogP contribution in [-0.4, -0.2) is 44.6 Å². The van der Waals surface area contributed by atoms with Crippen molar-refractivity contribution in [3.8, 4) is 0 Å². The maximum atomic E-state index is 12.1. The van der Waals surface area contributed by atoms with E-state index in [4.69, 9.17) is 16.3 Å². The topological polar surface area (TPSA) is 75.7 Å². The number of fused-ring (bicyclic) bond motifs is 1. The first-order chi connectivity index (χ1) is 9.45. The lowest BCUT2D eigenvalue weighted by Crippen LogP contribution is -2.48. The molecule has 0 aromatic heterocycles. The van der Waals surface area contributed by atoms with Crippen molar-refractivity contribution in [3.63, 3.8) is 0 Å². The molecule has 0 spiro atoms. The van der Waals surface area contributed by atoms with Crippen LogP contribution in [0, 0.1) is 0 Å². The summed E-state index contributed by atoms with van der Waals surface area (Å²) in [6.45, 7) is 0.581. The van der Waals surface area contributed by atoms with Crippen LogP contribution in [0.2, 0.25) is 5.02 Å². The fourth-order valence-electron chi connectivity index (χ4n) is 2.26. The third-order valence-corrected chi connectivity index (χ3v) is 5.08. The number of nitrogens with one attached hydrogen (secondary N) is 1. The lowest BCUT2D eigenvalue weighted by Gasteiger charge is -2.31. The first-order valence-corrected chi connectivity index (χ1v) is 8.02. The molecule has 2 unspecified atom stereocenters. The molecule has 0 aliphatic carbocycles. The van der Waals surface area contributed by atoms with Gasteiger partial charge in [-0.2, -0.15) is 0 Å². The Morgan fingerprint density at radius 1 is 1.35 bits per heavy atom. The zero-order valence-corrected chi connectivity index (χ0v) is 12.0. The van der Waals surface area contributed by atoms with Gasteiger partial charge in [0.1, 0.15) is 6.23 Å². The molecule has 20 heavy (non-hydrogen) atoms. The molecule has 0 saturated carbocycles. The number of benzene rings is 1. The van der Waals surface area contributed by atoms with Gasteiger partial charge in [0, 0.05) is 11.6 Å². The van der Waals surface area contributed by atoms with E-state index in [0.717, 1.165) is 0 Å². The summed E-state index contributed by atoms with van der Waals surface area (Å²) in [7, 11) is -3.58. The largest absolute Gasteiger partial charge is 0.351 e. The average Bonchev–Trinajstić information content (AvgIpc) is 2.74. The second kappa shape index (κ2) is 5.00. The normalized spacial score (nSPS) is 25.4. The Morgan fingerprint density at radius 2 is 2.05 bits per heavy atom. The lowest BCUT2D eigenvalue weighted by atomic mass is 10.2. The van der Waals surface area contributed by atoms with Crippen LogP contribution in [0.1, 0.15) is 6.42 Å². The van der Waals surface area contributed by atoms with E-state index in [9.17, 15) is 13.2 Å². The molecular formula is C12H13ClN2O4S. The number of halogens is 1. The van der Waals surface area contributed by atoms with Gasteiger partial charge in [-0.1, -0.05) is 11.6 Å². The molecular weight excluding hydrogens is 304 g/mol. The Morgan fingerprint density at radius 3 is 2.65 bits per heavy atom. The highest BCUT2D eigenvalue weighted by Gasteiger charge is 2.45. The number of ether oxygens (including phenoxy) is 1. The second-order valence-electron chi connectivity index (χ2n) is 4.77. The summed E-state index contributed by atoms with van der Waals surface area (Å²) in [4.78, 5) is 13.0. The van der Waals surface area contributed by atoms with Gasteiger partial charge in [0.15, 0.2) is 0 Å². The summed E-state index contributed by atoms with van der Waals surface area (Å²) >= 11 is 5.72. The molecule has 3 rings (SSSR count). The molecule has 2 aliphatic rings. The Hall–Kier alpha value is -1.15. The Bertz CT molecular complexity index is 631. The average molecular weight is 317 g/mol. The van der Waals surface area contributed by atoms with Crippen molar-refractivity contribution >= 4 is 27.5 Å². The van der Waals surface area contributed by atoms with Crippen LogP contribution in [0.4, 0.5) is 0 Å². The molecule has 2 fully saturated rings. The van der Waals surface area contributed by atoms with E-state index in [1.54, 1.807) is 4.90 Å². The number of β-lactam (4-membered cyclic amide) rings is 1. The molecule has 8 heteroatoms. The molecule has 6 nitrogen and oxygen atoms in total. The highest BCUT2D eigenvalue weighted by atomic mass is 35.5. The van der Waals surface area contributed by atoms with Gasteiger partial charge in [-0.15, -0.1) is 0 Å². The van der Waals surface area contributed by atoms with E-state index in [2.05, 4.69) is 4.72 Å². The molecule has 0 radical (unpaired) electrons. The molecule has 1 amide bonds. The van der Waals surface area contributed by atoms with Gasteiger partial charge in [-0.25, -0.2) is 13.1 Å². The molecule has 0 bridgehead atoms. The number of amides is 1. The summed E-state index contributed by atoms with van der Waals surface area (Å²) in [5, 5.41) is 0.478. The van der Waals surface area contributed by atoms with Crippen molar-refractivity contribution in [1.82, 2.24) is 9.62 Å². The second-order valence-corrected chi connectivity index (χ2v) is 6.97. The van der Waals surface area contributed by atoms with E-state index in [-0.39, 0.29) is 29.7 Å². The van der Waals surface area contributed by atoms with E-state index < -0.39 is 10.0 Å². The molecule has 108 valence electrons. The molecule has 1 aromatic carbocycles. The number of carbonyl (C=O) groups excluding carboxylic acids is 1. The maximum absolute atomic E-state index is 12.1. The number of hydrogen-bond acceptors (Lipinski definition) is 4. The van der Waals surface area contributed by atoms with Crippen molar-refractivity contribution in [2.45, 2.75) is 23.6 Å². The van der Waals surface area contributed by atoms with Crippen LogP contribution in [0.25, 0.3) is 0 Å². The molecule has 1 aromatic rings. The Labute approximate surface area is 121 Å². The fourth-order valence-corrected chi connectivity index (χ4v) is 3.46. The fraction of sp³-hybridized carbons (Fsp3) is 0.417. The van der Waals surface area contributed by atoms with Crippen molar-refractivity contribution in [2.24, 2.45) is 0 Å². The molecule has 2 aliphatic heterocycles. The van der Waals surface area contributed by atoms with Gasteiger partial charge >= 0.3 is 0 Å². The van der Waals surface area contributed by atoms with Crippen LogP contribution in [0.5, 0.6) is 0 Å². The highest BCUT2D eigenvalue weighted by Crippen LogP contribution is 2.28. The predicted octanol–water partition coefficient (Wildman–Crippen LogP) is 0.575. The van der Waals surface area contributed by atoms with E-state index in [1.807, 2.05) is 0 Å². The zero-order valence-electron chi connectivity index (χ0n) is 10.5. The lowest BCUT2D eigenvalue weighted by molar-refractivity contribution is -0.156. The number of nitrogens with zero attached hydrogens (tertiary/aromatic N) is 1. The van der Waals surface area contributed by atoms with Crippen LogP contribution in [-0.2, 0) is 19.6 Å². The maximum Gasteiger partial charge on any atom is 0.240 e. The van der Waals surface area contributed by atoms with Crippen LogP contribution in [0.3, 0.4) is 0 Å². The highest BCUT2D eigenvalue weighted by molar-refractivity contribution is 7.89. The van der Waals surface area contributed by atoms with Gasteiger partial charge in [0.25, 0.3) is 0 Å². The van der Waals surface area contributed by atoms with Crippen LogP contribution >= 0.6 is 11.6 Å². The first kappa shape index (κ1) is 13.8. The predicted molar refractivity (Wildman–Crippen MR) is 71.6 cm³/mol. The summed E-state index contributed by atoms with van der Waals surface area (Å²) in [6, 6.07) is 5.92. The quantitative estimate of drug-likeness (QED) is 0.824. The number of sulfonamides is 1. The van der Waals surface area contributed by atoms with Gasteiger partial charge in [0.05, 0.1) is 24.0 Å². The third-order valence-electron chi connectivity index (χ3n) is 3.39. The molecule has 2 saturated heterocycles. The van der Waals surface area contributed by atoms with Gasteiger partial charge in [0.2, 0.25) is 15.9 Å². The first-order valence-electron chi connectivity index (χ1n) is 6.16.